The second-order valence-electron chi connectivity index (χ2n) is 8.63. The Labute approximate surface area is 253 Å². The maximum absolute atomic E-state index is 15.4. The number of halogens is 3. The lowest BCUT2D eigenvalue weighted by Crippen LogP contribution is -2.27. The van der Waals surface area contributed by atoms with E-state index >= 15 is 4.39 Å². The van der Waals surface area contributed by atoms with Gasteiger partial charge in [-0.25, -0.2) is 19.2 Å². The van der Waals surface area contributed by atoms with Gasteiger partial charge in [-0.15, -0.1) is 0 Å². The van der Waals surface area contributed by atoms with Crippen molar-refractivity contribution in [2.45, 2.75) is 6.42 Å². The van der Waals surface area contributed by atoms with E-state index in [0.29, 0.717) is 36.4 Å². The number of azide groups is 1. The average Bonchev–Trinajstić information content (AvgIpc) is 3.36. The van der Waals surface area contributed by atoms with E-state index in [-0.39, 0.29) is 61.8 Å². The number of aromatic nitrogens is 2. The summed E-state index contributed by atoms with van der Waals surface area (Å²) in [4.78, 5) is 36.5. The summed E-state index contributed by atoms with van der Waals surface area (Å²) in [5.74, 6) is -2.86. The number of carbonyl (C=O) groups excluding carboxylic acids is 2. The van der Waals surface area contributed by atoms with Gasteiger partial charge < -0.3 is 28.8 Å². The first-order valence-corrected chi connectivity index (χ1v) is 13.8. The van der Waals surface area contributed by atoms with Crippen LogP contribution >= 0.6 is 15.9 Å². The summed E-state index contributed by atoms with van der Waals surface area (Å²) in [6.07, 6.45) is 1.39. The Balaban J connectivity index is 1.38. The lowest BCUT2D eigenvalue weighted by molar-refractivity contribution is -0.147. The van der Waals surface area contributed by atoms with Gasteiger partial charge >= 0.3 is 5.97 Å². The van der Waals surface area contributed by atoms with Gasteiger partial charge in [0.2, 0.25) is 0 Å². The summed E-state index contributed by atoms with van der Waals surface area (Å²) < 4.78 is 52.7. The SMILES string of the molecule is Cn1cnc2c(F)c(Nc3ccc(Br)cc3F)c(C(=O)NOCCOC(=O)CCOCCOCCOCCN=[N+]=[N-])cc21. The Morgan fingerprint density at radius 2 is 1.77 bits per heavy atom. The predicted octanol–water partition coefficient (Wildman–Crippen LogP) is 4.31. The van der Waals surface area contributed by atoms with E-state index in [1.807, 2.05) is 0 Å². The molecule has 0 saturated heterocycles. The smallest absolute Gasteiger partial charge is 0.308 e. The van der Waals surface area contributed by atoms with Crippen LogP contribution in [0.5, 0.6) is 0 Å². The van der Waals surface area contributed by atoms with E-state index in [0.717, 1.165) is 0 Å². The zero-order valence-electron chi connectivity index (χ0n) is 23.2. The monoisotopic (exact) mass is 669 g/mol. The Bertz CT molecular complexity index is 1440. The Morgan fingerprint density at radius 3 is 2.49 bits per heavy atom. The molecule has 14 nitrogen and oxygen atoms in total. The molecular formula is C26H30BrF2N7O7. The van der Waals surface area contributed by atoms with Crippen molar-refractivity contribution in [3.8, 4) is 0 Å². The number of imidazole rings is 1. The number of ether oxygens (including phenoxy) is 4. The highest BCUT2D eigenvalue weighted by Gasteiger charge is 2.22. The zero-order valence-corrected chi connectivity index (χ0v) is 24.8. The molecule has 0 radical (unpaired) electrons. The normalized spacial score (nSPS) is 10.9. The van der Waals surface area contributed by atoms with E-state index in [4.69, 9.17) is 29.3 Å². The van der Waals surface area contributed by atoms with Crippen LogP contribution < -0.4 is 10.8 Å². The first-order valence-electron chi connectivity index (χ1n) is 13.0. The van der Waals surface area contributed by atoms with Gasteiger partial charge in [-0.1, -0.05) is 21.0 Å². The average molecular weight is 670 g/mol. The Kier molecular flexibility index (Phi) is 14.0. The fraction of sp³-hybridized carbons (Fsp3) is 0.423. The van der Waals surface area contributed by atoms with E-state index < -0.39 is 23.5 Å². The molecule has 0 aliphatic heterocycles. The van der Waals surface area contributed by atoms with E-state index in [9.17, 15) is 14.0 Å². The molecule has 2 N–H and O–H groups in total. The third-order valence-electron chi connectivity index (χ3n) is 5.60. The van der Waals surface area contributed by atoms with Crippen molar-refractivity contribution in [1.82, 2.24) is 15.0 Å². The molecule has 3 aromatic rings. The molecule has 17 heteroatoms. The van der Waals surface area contributed by atoms with E-state index in [1.165, 1.54) is 29.1 Å². The van der Waals surface area contributed by atoms with Crippen molar-refractivity contribution in [2.24, 2.45) is 12.2 Å². The molecule has 3 rings (SSSR count). The van der Waals surface area contributed by atoms with Crippen molar-refractivity contribution < 1.29 is 42.2 Å². The topological polar surface area (TPSA) is 171 Å². The molecule has 0 unspecified atom stereocenters. The maximum Gasteiger partial charge on any atom is 0.308 e. The molecule has 1 aromatic heterocycles. The van der Waals surface area contributed by atoms with Gasteiger partial charge in [0.1, 0.15) is 24.5 Å². The third kappa shape index (κ3) is 10.7. The second-order valence-corrected chi connectivity index (χ2v) is 9.54. The van der Waals surface area contributed by atoms with E-state index in [2.05, 4.69) is 41.7 Å². The quantitative estimate of drug-likeness (QED) is 0.0471. The van der Waals surface area contributed by atoms with Gasteiger partial charge in [-0.3, -0.25) is 14.4 Å². The molecule has 232 valence electrons. The van der Waals surface area contributed by atoms with Gasteiger partial charge in [0, 0.05) is 23.0 Å². The zero-order chi connectivity index (χ0) is 31.0. The van der Waals surface area contributed by atoms with Crippen LogP contribution in [0.1, 0.15) is 16.8 Å². The number of hydroxylamine groups is 1. The largest absolute Gasteiger partial charge is 0.463 e. The molecule has 0 bridgehead atoms. The van der Waals surface area contributed by atoms with Gasteiger partial charge in [0.25, 0.3) is 5.91 Å². The van der Waals surface area contributed by atoms with Crippen molar-refractivity contribution >= 4 is 50.2 Å². The molecule has 0 saturated carbocycles. The van der Waals surface area contributed by atoms with Crippen LogP contribution in [0.2, 0.25) is 0 Å². The van der Waals surface area contributed by atoms with Crippen molar-refractivity contribution in [3.63, 3.8) is 0 Å². The standard InChI is InChI=1S/C26H30BrF2N7O7/c1-36-16-31-25-21(36)15-18(24(23(25)29)33-20-3-2-17(27)14-19(20)28)26(38)34-43-13-12-42-22(37)4-6-39-8-10-41-11-9-40-7-5-32-35-30/h2-3,14-16,33H,4-13H2,1H3,(H,34,38). The molecule has 43 heavy (non-hydrogen) atoms. The highest BCUT2D eigenvalue weighted by atomic mass is 79.9. The molecule has 1 heterocycles. The summed E-state index contributed by atoms with van der Waals surface area (Å²) in [6.45, 7) is 1.66. The molecule has 0 spiro atoms. The van der Waals surface area contributed by atoms with Crippen molar-refractivity contribution in [1.29, 1.82) is 0 Å². The van der Waals surface area contributed by atoms with Crippen LogP contribution in [0, 0.1) is 11.6 Å². The number of hydrogen-bond acceptors (Lipinski definition) is 10. The van der Waals surface area contributed by atoms with Crippen LogP contribution in [0.15, 0.2) is 40.2 Å². The van der Waals surface area contributed by atoms with Crippen LogP contribution in [-0.4, -0.2) is 80.8 Å². The number of aryl methyl sites for hydroxylation is 1. The fourth-order valence-electron chi connectivity index (χ4n) is 3.54. The van der Waals surface area contributed by atoms with Crippen LogP contribution in [0.4, 0.5) is 20.2 Å². The molecular weight excluding hydrogens is 640 g/mol. The molecule has 0 fully saturated rings. The number of carbonyl (C=O) groups is 2. The fourth-order valence-corrected chi connectivity index (χ4v) is 3.87. The molecule has 0 aliphatic carbocycles. The third-order valence-corrected chi connectivity index (χ3v) is 6.10. The predicted molar refractivity (Wildman–Crippen MR) is 154 cm³/mol. The summed E-state index contributed by atoms with van der Waals surface area (Å²) >= 11 is 3.16. The van der Waals surface area contributed by atoms with Gasteiger partial charge in [0.05, 0.1) is 74.8 Å². The summed E-state index contributed by atoms with van der Waals surface area (Å²) in [5, 5.41) is 5.98. The summed E-state index contributed by atoms with van der Waals surface area (Å²) in [6, 6.07) is 5.55. The number of hydrogen-bond donors (Lipinski definition) is 2. The van der Waals surface area contributed by atoms with Crippen LogP contribution in [0.25, 0.3) is 21.5 Å². The lowest BCUT2D eigenvalue weighted by Gasteiger charge is -2.15. The number of anilines is 2. The minimum atomic E-state index is -0.846. The highest BCUT2D eigenvalue weighted by molar-refractivity contribution is 9.10. The number of esters is 1. The van der Waals surface area contributed by atoms with Crippen molar-refractivity contribution in [3.05, 3.63) is 62.7 Å². The van der Waals surface area contributed by atoms with Gasteiger partial charge in [0.15, 0.2) is 5.82 Å². The molecule has 0 aliphatic rings. The number of nitrogens with one attached hydrogen (secondary N) is 2. The second kappa shape index (κ2) is 17.9. The van der Waals surface area contributed by atoms with Crippen LogP contribution in [0.3, 0.4) is 0 Å². The molecule has 0 atom stereocenters. The van der Waals surface area contributed by atoms with Gasteiger partial charge in [-0.2, -0.15) is 0 Å². The Morgan fingerprint density at radius 1 is 1.05 bits per heavy atom. The minimum absolute atomic E-state index is 0.000514. The molecule has 1 amide bonds. The summed E-state index contributed by atoms with van der Waals surface area (Å²) in [5.41, 5.74) is 10.2. The molecule has 2 aromatic carbocycles. The first-order chi connectivity index (χ1) is 20.8. The lowest BCUT2D eigenvalue weighted by atomic mass is 10.1. The highest BCUT2D eigenvalue weighted by Crippen LogP contribution is 2.32. The number of nitrogens with zero attached hydrogens (tertiary/aromatic N) is 5. The van der Waals surface area contributed by atoms with Gasteiger partial charge in [-0.05, 0) is 29.8 Å². The first kappa shape index (κ1) is 33.6. The number of benzene rings is 2. The van der Waals surface area contributed by atoms with Crippen LogP contribution in [-0.2, 0) is 35.6 Å². The Hall–Kier alpha value is -3.86. The number of fused-ring (bicyclic) bond motifs is 1. The van der Waals surface area contributed by atoms with Crippen molar-refractivity contribution in [2.75, 3.05) is 64.7 Å². The number of amides is 1. The number of rotatable bonds is 19. The minimum Gasteiger partial charge on any atom is -0.463 e. The maximum atomic E-state index is 15.4. The van der Waals surface area contributed by atoms with E-state index in [1.54, 1.807) is 13.1 Å². The summed E-state index contributed by atoms with van der Waals surface area (Å²) in [7, 11) is 1.64.